The summed E-state index contributed by atoms with van der Waals surface area (Å²) >= 11 is 0. The van der Waals surface area contributed by atoms with Crippen LogP contribution in [-0.2, 0) is 9.59 Å². The minimum absolute atomic E-state index is 0.316. The zero-order valence-corrected chi connectivity index (χ0v) is 9.14. The van der Waals surface area contributed by atoms with Crippen LogP contribution in [0.4, 0.5) is 0 Å². The van der Waals surface area contributed by atoms with E-state index in [-0.39, 0.29) is 0 Å². The van der Waals surface area contributed by atoms with E-state index in [1.165, 1.54) is 12.8 Å². The van der Waals surface area contributed by atoms with Gasteiger partial charge in [0.05, 0.1) is 0 Å². The van der Waals surface area contributed by atoms with Crippen molar-refractivity contribution in [3.05, 3.63) is 0 Å². The lowest BCUT2D eigenvalue weighted by Gasteiger charge is -1.97. The summed E-state index contributed by atoms with van der Waals surface area (Å²) in [5, 5.41) is 14.8. The van der Waals surface area contributed by atoms with Crippen LogP contribution in [0.3, 0.4) is 0 Å². The molecule has 0 saturated heterocycles. The van der Waals surface area contributed by atoms with Gasteiger partial charge in [-0.1, -0.05) is 19.8 Å². The first-order valence-corrected chi connectivity index (χ1v) is 4.68. The van der Waals surface area contributed by atoms with Crippen LogP contribution in [-0.4, -0.2) is 34.7 Å². The Morgan fingerprint density at radius 1 is 1.25 bits per heavy atom. The quantitative estimate of drug-likeness (QED) is 0.106. The summed E-state index contributed by atoms with van der Waals surface area (Å²) in [5.41, 5.74) is 7.54. The number of carboxylic acids is 2. The van der Waals surface area contributed by atoms with E-state index in [9.17, 15) is 0 Å². The summed E-state index contributed by atoms with van der Waals surface area (Å²) in [6.45, 7) is 2.91. The summed E-state index contributed by atoms with van der Waals surface area (Å²) in [4.78, 5) is 22.1. The van der Waals surface area contributed by atoms with Crippen LogP contribution in [0.5, 0.6) is 0 Å². The molecule has 0 radical (unpaired) electrons. The second-order valence-corrected chi connectivity index (χ2v) is 2.73. The van der Waals surface area contributed by atoms with Crippen molar-refractivity contribution in [3.63, 3.8) is 0 Å². The van der Waals surface area contributed by atoms with Gasteiger partial charge in [0.15, 0.2) is 0 Å². The molecular formula is C8H18N4O4. The molecule has 0 unspecified atom stereocenters. The fraction of sp³-hybridized carbons (Fsp3) is 0.625. The number of guanidine groups is 1. The summed E-state index contributed by atoms with van der Waals surface area (Å²) in [7, 11) is 0. The zero-order valence-electron chi connectivity index (χ0n) is 9.14. The number of hydrazine groups is 1. The average molecular weight is 234 g/mol. The lowest BCUT2D eigenvalue weighted by atomic mass is 10.2. The van der Waals surface area contributed by atoms with Gasteiger partial charge in [0, 0.05) is 6.54 Å². The molecule has 8 nitrogen and oxygen atoms in total. The molecule has 8 heteroatoms. The molecule has 0 aromatic rings. The number of hydrogen-bond donors (Lipinski definition) is 5. The summed E-state index contributed by atoms with van der Waals surface area (Å²) in [5.74, 6) is 1.65. The van der Waals surface area contributed by atoms with Crippen molar-refractivity contribution in [3.8, 4) is 0 Å². The molecule has 0 bridgehead atoms. The van der Waals surface area contributed by atoms with Gasteiger partial charge in [0.2, 0.25) is 5.96 Å². The van der Waals surface area contributed by atoms with Gasteiger partial charge in [-0.05, 0) is 6.42 Å². The minimum Gasteiger partial charge on any atom is -0.473 e. The molecule has 94 valence electrons. The predicted octanol–water partition coefficient (Wildman–Crippen LogP) is -0.890. The van der Waals surface area contributed by atoms with Gasteiger partial charge in [0.1, 0.15) is 0 Å². The van der Waals surface area contributed by atoms with E-state index in [4.69, 9.17) is 31.4 Å². The number of hydrogen-bond acceptors (Lipinski definition) is 4. The molecule has 0 saturated carbocycles. The monoisotopic (exact) mass is 234 g/mol. The van der Waals surface area contributed by atoms with Gasteiger partial charge < -0.3 is 15.9 Å². The molecule has 0 amide bonds. The highest BCUT2D eigenvalue weighted by Crippen LogP contribution is 1.92. The van der Waals surface area contributed by atoms with Crippen molar-refractivity contribution in [2.24, 2.45) is 16.6 Å². The first-order valence-electron chi connectivity index (χ1n) is 4.68. The first-order chi connectivity index (χ1) is 7.45. The Hall–Kier alpha value is -1.83. The van der Waals surface area contributed by atoms with E-state index in [1.54, 1.807) is 0 Å². The first kappa shape index (κ1) is 16.6. The second kappa shape index (κ2) is 11.2. The Balaban J connectivity index is 0. The smallest absolute Gasteiger partial charge is 0.414 e. The number of aliphatic imine (C=N–C) groups is 1. The van der Waals surface area contributed by atoms with Crippen LogP contribution in [0.1, 0.15) is 26.2 Å². The average Bonchev–Trinajstić information content (AvgIpc) is 2.24. The number of nitrogens with one attached hydrogen (secondary N) is 1. The fourth-order valence-corrected chi connectivity index (χ4v) is 0.607. The van der Waals surface area contributed by atoms with Crippen LogP contribution in [0.2, 0.25) is 0 Å². The SMILES string of the molecule is CCCCCN=C(N)NN.O=C(O)C(=O)O. The van der Waals surface area contributed by atoms with Crippen molar-refractivity contribution in [2.75, 3.05) is 6.54 Å². The molecule has 0 atom stereocenters. The van der Waals surface area contributed by atoms with Crippen LogP contribution >= 0.6 is 0 Å². The molecular weight excluding hydrogens is 216 g/mol. The van der Waals surface area contributed by atoms with Gasteiger partial charge in [0.25, 0.3) is 0 Å². The third-order valence-corrected chi connectivity index (χ3v) is 1.37. The maximum absolute atomic E-state index is 9.10. The molecule has 0 aromatic carbocycles. The zero-order chi connectivity index (χ0) is 13.0. The van der Waals surface area contributed by atoms with E-state index in [2.05, 4.69) is 17.3 Å². The molecule has 0 aliphatic carbocycles. The molecule has 0 heterocycles. The summed E-state index contributed by atoms with van der Waals surface area (Å²) < 4.78 is 0. The molecule has 0 fully saturated rings. The van der Waals surface area contributed by atoms with Crippen molar-refractivity contribution in [2.45, 2.75) is 26.2 Å². The van der Waals surface area contributed by atoms with Crippen LogP contribution in [0.15, 0.2) is 4.99 Å². The third kappa shape index (κ3) is 14.7. The Kier molecular flexibility index (Phi) is 11.7. The number of carboxylic acid groups (broad SMARTS) is 2. The molecule has 16 heavy (non-hydrogen) atoms. The molecule has 0 rings (SSSR count). The molecule has 0 aliphatic heterocycles. The highest BCUT2D eigenvalue weighted by atomic mass is 16.4. The van der Waals surface area contributed by atoms with E-state index < -0.39 is 11.9 Å². The van der Waals surface area contributed by atoms with Crippen molar-refractivity contribution < 1.29 is 19.8 Å². The lowest BCUT2D eigenvalue weighted by Crippen LogP contribution is -2.37. The number of nitrogens with zero attached hydrogens (tertiary/aromatic N) is 1. The Labute approximate surface area is 93.3 Å². The molecule has 0 aromatic heterocycles. The summed E-state index contributed by atoms with van der Waals surface area (Å²) in [6, 6.07) is 0. The van der Waals surface area contributed by atoms with Gasteiger partial charge >= 0.3 is 11.9 Å². The van der Waals surface area contributed by atoms with E-state index in [1.807, 2.05) is 0 Å². The van der Waals surface area contributed by atoms with E-state index in [0.29, 0.717) is 5.96 Å². The minimum atomic E-state index is -1.82. The van der Waals surface area contributed by atoms with Crippen molar-refractivity contribution >= 4 is 17.9 Å². The van der Waals surface area contributed by atoms with Crippen molar-refractivity contribution in [1.82, 2.24) is 5.43 Å². The van der Waals surface area contributed by atoms with Gasteiger partial charge in [-0.2, -0.15) is 0 Å². The van der Waals surface area contributed by atoms with Gasteiger partial charge in [-0.15, -0.1) is 0 Å². The topological polar surface area (TPSA) is 151 Å². The highest BCUT2D eigenvalue weighted by molar-refractivity contribution is 6.27. The van der Waals surface area contributed by atoms with E-state index in [0.717, 1.165) is 13.0 Å². The number of rotatable bonds is 4. The molecule has 0 spiro atoms. The highest BCUT2D eigenvalue weighted by Gasteiger charge is 2.04. The Bertz CT molecular complexity index is 230. The van der Waals surface area contributed by atoms with Crippen LogP contribution in [0.25, 0.3) is 0 Å². The largest absolute Gasteiger partial charge is 0.473 e. The standard InChI is InChI=1S/C6H16N4.C2H2O4/c1-2-3-4-5-9-6(7)10-8;3-1(4)2(5)6/h2-5,8H2,1H3,(H3,7,9,10);(H,3,4)(H,5,6). The number of nitrogens with two attached hydrogens (primary N) is 2. The van der Waals surface area contributed by atoms with Gasteiger partial charge in [-0.3, -0.25) is 10.4 Å². The third-order valence-electron chi connectivity index (χ3n) is 1.37. The Morgan fingerprint density at radius 3 is 2.06 bits per heavy atom. The normalized spacial score (nSPS) is 10.0. The van der Waals surface area contributed by atoms with Crippen LogP contribution in [0, 0.1) is 0 Å². The fourth-order valence-electron chi connectivity index (χ4n) is 0.607. The van der Waals surface area contributed by atoms with E-state index >= 15 is 0 Å². The van der Waals surface area contributed by atoms with Crippen LogP contribution < -0.4 is 17.0 Å². The molecule has 7 N–H and O–H groups in total. The number of unbranched alkanes of at least 4 members (excludes halogenated alkanes) is 2. The van der Waals surface area contributed by atoms with Gasteiger partial charge in [-0.25, -0.2) is 15.4 Å². The summed E-state index contributed by atoms with van der Waals surface area (Å²) in [6.07, 6.45) is 3.48. The lowest BCUT2D eigenvalue weighted by molar-refractivity contribution is -0.159. The number of carbonyl (C=O) groups is 2. The molecule has 0 aliphatic rings. The number of aliphatic carboxylic acids is 2. The maximum Gasteiger partial charge on any atom is 0.414 e. The Morgan fingerprint density at radius 2 is 1.75 bits per heavy atom. The maximum atomic E-state index is 9.10. The predicted molar refractivity (Wildman–Crippen MR) is 58.6 cm³/mol. The van der Waals surface area contributed by atoms with Crippen molar-refractivity contribution in [1.29, 1.82) is 0 Å². The second-order valence-electron chi connectivity index (χ2n) is 2.73.